The fourth-order valence-corrected chi connectivity index (χ4v) is 4.16. The van der Waals surface area contributed by atoms with Gasteiger partial charge in [-0.1, -0.05) is 50.3 Å². The molecule has 4 atom stereocenters. The van der Waals surface area contributed by atoms with Crippen molar-refractivity contribution in [3.63, 3.8) is 0 Å². The summed E-state index contributed by atoms with van der Waals surface area (Å²) in [5.41, 5.74) is -0.239. The van der Waals surface area contributed by atoms with Gasteiger partial charge in [-0.3, -0.25) is 14.4 Å². The highest BCUT2D eigenvalue weighted by Crippen LogP contribution is 2.19. The Hall–Kier alpha value is -3.89. The third-order valence-electron chi connectivity index (χ3n) is 6.08. The van der Waals surface area contributed by atoms with Gasteiger partial charge in [0, 0.05) is 24.6 Å². The Labute approximate surface area is 235 Å². The van der Waals surface area contributed by atoms with Gasteiger partial charge in [0.15, 0.2) is 0 Å². The van der Waals surface area contributed by atoms with Crippen LogP contribution in [0.2, 0.25) is 0 Å². The first-order valence-corrected chi connectivity index (χ1v) is 13.6. The number of benzene rings is 1. The predicted molar refractivity (Wildman–Crippen MR) is 149 cm³/mol. The minimum absolute atomic E-state index is 0.121. The second-order valence-corrected chi connectivity index (χ2v) is 11.0. The number of esters is 1. The molecule has 1 fully saturated rings. The third-order valence-corrected chi connectivity index (χ3v) is 6.08. The Kier molecular flexibility index (Phi) is 12.2. The van der Waals surface area contributed by atoms with Crippen molar-refractivity contribution in [2.75, 3.05) is 13.2 Å². The number of rotatable bonds is 12. The standard InChI is InChI=1S/C29H42N4O7/c1-7-39-22(34)14-13-21(17-20-15-16-30-25(20)35)31-27(37)24(19-11-9-8-10-12-19)32-26(36)23(18(2)3)33-28(38)40-29(4,5)6/h8-14,18,20-21,23-24H,7,15-17H2,1-6H3,(H,30,35)(H,31,37)(H,32,36)(H,33,38)/b14-13-/t20-,21?,23-,24-/m0/s1. The Morgan fingerprint density at radius 1 is 1.05 bits per heavy atom. The smallest absolute Gasteiger partial charge is 0.408 e. The molecule has 1 saturated heterocycles. The number of hydrogen-bond acceptors (Lipinski definition) is 7. The molecular weight excluding hydrogens is 516 g/mol. The molecule has 1 heterocycles. The van der Waals surface area contributed by atoms with Crippen molar-refractivity contribution in [2.45, 2.75) is 78.1 Å². The number of amides is 4. The summed E-state index contributed by atoms with van der Waals surface area (Å²) in [6.07, 6.45) is 2.83. The fraction of sp³-hybridized carbons (Fsp3) is 0.552. The Bertz CT molecular complexity index is 1070. The van der Waals surface area contributed by atoms with E-state index in [0.717, 1.165) is 0 Å². The average Bonchev–Trinajstić information content (AvgIpc) is 3.27. The molecule has 1 aromatic rings. The van der Waals surface area contributed by atoms with E-state index < -0.39 is 47.6 Å². The monoisotopic (exact) mass is 558 g/mol. The van der Waals surface area contributed by atoms with Crippen molar-refractivity contribution >= 4 is 29.8 Å². The Morgan fingerprint density at radius 3 is 2.27 bits per heavy atom. The van der Waals surface area contributed by atoms with Crippen LogP contribution in [0, 0.1) is 11.8 Å². The van der Waals surface area contributed by atoms with Crippen molar-refractivity contribution in [3.8, 4) is 0 Å². The van der Waals surface area contributed by atoms with Crippen LogP contribution < -0.4 is 21.3 Å². The molecule has 0 aliphatic carbocycles. The first-order chi connectivity index (χ1) is 18.8. The van der Waals surface area contributed by atoms with Gasteiger partial charge < -0.3 is 30.7 Å². The highest BCUT2D eigenvalue weighted by atomic mass is 16.6. The van der Waals surface area contributed by atoms with E-state index in [1.165, 1.54) is 12.2 Å². The van der Waals surface area contributed by atoms with E-state index in [1.807, 2.05) is 0 Å². The van der Waals surface area contributed by atoms with Crippen LogP contribution in [0.4, 0.5) is 4.79 Å². The van der Waals surface area contributed by atoms with E-state index in [2.05, 4.69) is 21.3 Å². The molecule has 1 aromatic carbocycles. The molecule has 1 aliphatic rings. The van der Waals surface area contributed by atoms with E-state index in [1.54, 1.807) is 71.9 Å². The lowest BCUT2D eigenvalue weighted by Crippen LogP contribution is -2.53. The summed E-state index contributed by atoms with van der Waals surface area (Å²) < 4.78 is 10.3. The number of carbonyl (C=O) groups is 5. The number of nitrogens with one attached hydrogen (secondary N) is 4. The van der Waals surface area contributed by atoms with Crippen LogP contribution in [0.25, 0.3) is 0 Å². The lowest BCUT2D eigenvalue weighted by Gasteiger charge is -2.28. The SMILES string of the molecule is CCOC(=O)/C=C\C(C[C@@H]1CCNC1=O)NC(=O)[C@@H](NC(=O)[C@@H](NC(=O)OC(C)(C)C)C(C)C)c1ccccc1. The maximum Gasteiger partial charge on any atom is 0.408 e. The Morgan fingerprint density at radius 2 is 1.73 bits per heavy atom. The molecule has 220 valence electrons. The van der Waals surface area contributed by atoms with Crippen molar-refractivity contribution in [2.24, 2.45) is 11.8 Å². The molecule has 11 nitrogen and oxygen atoms in total. The van der Waals surface area contributed by atoms with E-state index in [9.17, 15) is 24.0 Å². The molecule has 0 aromatic heterocycles. The summed E-state index contributed by atoms with van der Waals surface area (Å²) in [7, 11) is 0. The highest BCUT2D eigenvalue weighted by Gasteiger charge is 2.33. The highest BCUT2D eigenvalue weighted by molar-refractivity contribution is 5.92. The zero-order chi connectivity index (χ0) is 29.9. The van der Waals surface area contributed by atoms with Gasteiger partial charge in [-0.15, -0.1) is 0 Å². The maximum atomic E-state index is 13.6. The quantitative estimate of drug-likeness (QED) is 0.227. The predicted octanol–water partition coefficient (Wildman–Crippen LogP) is 2.52. The van der Waals surface area contributed by atoms with E-state index in [4.69, 9.17) is 9.47 Å². The summed E-state index contributed by atoms with van der Waals surface area (Å²) in [6.45, 7) is 11.1. The largest absolute Gasteiger partial charge is 0.463 e. The van der Waals surface area contributed by atoms with Gasteiger partial charge in [0.1, 0.15) is 17.7 Å². The molecule has 0 bridgehead atoms. The van der Waals surface area contributed by atoms with E-state index in [0.29, 0.717) is 18.5 Å². The number of hydrogen-bond donors (Lipinski definition) is 4. The number of alkyl carbamates (subject to hydrolysis) is 1. The fourth-order valence-electron chi connectivity index (χ4n) is 4.16. The van der Waals surface area contributed by atoms with Gasteiger partial charge in [0.25, 0.3) is 0 Å². The molecule has 1 unspecified atom stereocenters. The van der Waals surface area contributed by atoms with Gasteiger partial charge in [0.2, 0.25) is 17.7 Å². The summed E-state index contributed by atoms with van der Waals surface area (Å²) in [4.78, 5) is 63.6. The van der Waals surface area contributed by atoms with Crippen LogP contribution in [-0.2, 0) is 28.7 Å². The van der Waals surface area contributed by atoms with Crippen LogP contribution in [0.1, 0.15) is 66.0 Å². The van der Waals surface area contributed by atoms with Crippen molar-refractivity contribution in [3.05, 3.63) is 48.0 Å². The van der Waals surface area contributed by atoms with Crippen LogP contribution in [0.3, 0.4) is 0 Å². The van der Waals surface area contributed by atoms with Crippen LogP contribution in [0.15, 0.2) is 42.5 Å². The molecule has 4 amide bonds. The summed E-state index contributed by atoms with van der Waals surface area (Å²) in [5.74, 6) is -2.46. The second kappa shape index (κ2) is 15.0. The zero-order valence-corrected chi connectivity index (χ0v) is 24.1. The topological polar surface area (TPSA) is 152 Å². The molecule has 4 N–H and O–H groups in total. The summed E-state index contributed by atoms with van der Waals surface area (Å²) in [6, 6.07) is 5.87. The molecule has 2 rings (SSSR count). The lowest BCUT2D eigenvalue weighted by molar-refractivity contribution is -0.137. The third kappa shape index (κ3) is 10.7. The second-order valence-electron chi connectivity index (χ2n) is 11.0. The van der Waals surface area contributed by atoms with Crippen LogP contribution in [0.5, 0.6) is 0 Å². The molecule has 0 saturated carbocycles. The molecule has 40 heavy (non-hydrogen) atoms. The summed E-state index contributed by atoms with van der Waals surface area (Å²) >= 11 is 0. The zero-order valence-electron chi connectivity index (χ0n) is 24.1. The van der Waals surface area contributed by atoms with Crippen molar-refractivity contribution in [1.82, 2.24) is 21.3 Å². The summed E-state index contributed by atoms with van der Waals surface area (Å²) in [5, 5.41) is 11.0. The lowest BCUT2D eigenvalue weighted by atomic mass is 9.97. The molecular formula is C29H42N4O7. The minimum atomic E-state index is -1.12. The minimum Gasteiger partial charge on any atom is -0.463 e. The van der Waals surface area contributed by atoms with Gasteiger partial charge in [-0.25, -0.2) is 9.59 Å². The van der Waals surface area contributed by atoms with Gasteiger partial charge >= 0.3 is 12.1 Å². The van der Waals surface area contributed by atoms with Crippen molar-refractivity contribution < 1.29 is 33.4 Å². The number of ether oxygens (including phenoxy) is 2. The first-order valence-electron chi connectivity index (χ1n) is 13.6. The van der Waals surface area contributed by atoms with Crippen molar-refractivity contribution in [1.29, 1.82) is 0 Å². The molecule has 11 heteroatoms. The first kappa shape index (κ1) is 32.3. The Balaban J connectivity index is 2.28. The van der Waals surface area contributed by atoms with Gasteiger partial charge in [0.05, 0.1) is 6.61 Å². The van der Waals surface area contributed by atoms with E-state index in [-0.39, 0.29) is 30.8 Å². The van der Waals surface area contributed by atoms with Crippen LogP contribution >= 0.6 is 0 Å². The molecule has 0 spiro atoms. The molecule has 0 radical (unpaired) electrons. The maximum absolute atomic E-state index is 13.6. The van der Waals surface area contributed by atoms with Crippen LogP contribution in [-0.4, -0.2) is 60.6 Å². The number of carbonyl (C=O) groups excluding carboxylic acids is 5. The molecule has 1 aliphatic heterocycles. The van der Waals surface area contributed by atoms with Gasteiger partial charge in [-0.2, -0.15) is 0 Å². The normalized spacial score (nSPS) is 17.5. The van der Waals surface area contributed by atoms with E-state index >= 15 is 0 Å². The average molecular weight is 559 g/mol. The van der Waals surface area contributed by atoms with Gasteiger partial charge in [-0.05, 0) is 52.0 Å².